The van der Waals surface area contributed by atoms with Gasteiger partial charge in [-0.3, -0.25) is 4.79 Å². The van der Waals surface area contributed by atoms with Gasteiger partial charge in [0.2, 0.25) is 5.91 Å². The van der Waals surface area contributed by atoms with Gasteiger partial charge in [0.05, 0.1) is 0 Å². The number of carbonyl (C=O) groups is 1. The number of amides is 1. The van der Waals surface area contributed by atoms with Gasteiger partial charge in [-0.05, 0) is 12.8 Å². The highest BCUT2D eigenvalue weighted by Gasteiger charge is 1.96. The molecule has 0 heterocycles. The van der Waals surface area contributed by atoms with E-state index in [1.165, 1.54) is 5.57 Å². The first kappa shape index (κ1) is 9.78. The Kier molecular flexibility index (Phi) is 4.03. The number of rotatable bonds is 3. The van der Waals surface area contributed by atoms with Gasteiger partial charge in [0.15, 0.2) is 0 Å². The lowest BCUT2D eigenvalue weighted by atomic mass is 10.1. The van der Waals surface area contributed by atoms with E-state index in [0.717, 1.165) is 19.4 Å². The summed E-state index contributed by atoms with van der Waals surface area (Å²) in [5.41, 5.74) is 1.36. The van der Waals surface area contributed by atoms with Gasteiger partial charge in [-0.1, -0.05) is 36.0 Å². The molecule has 0 spiro atoms. The second kappa shape index (κ2) is 5.36. The first-order chi connectivity index (χ1) is 6.29. The van der Waals surface area contributed by atoms with E-state index in [1.54, 1.807) is 6.92 Å². The molecule has 0 radical (unpaired) electrons. The van der Waals surface area contributed by atoms with Crippen LogP contribution in [0.15, 0.2) is 36.0 Å². The van der Waals surface area contributed by atoms with Gasteiger partial charge in [-0.25, -0.2) is 0 Å². The minimum Gasteiger partial charge on any atom is -0.356 e. The van der Waals surface area contributed by atoms with Crippen molar-refractivity contribution in [2.45, 2.75) is 19.8 Å². The minimum atomic E-state index is 0.0420. The molecule has 1 amide bonds. The van der Waals surface area contributed by atoms with E-state index in [2.05, 4.69) is 17.5 Å². The summed E-state index contributed by atoms with van der Waals surface area (Å²) in [6.45, 7) is 2.28. The molecule has 0 atom stereocenters. The number of allylic oxidation sites excluding steroid dienone is 5. The molecule has 2 heteroatoms. The highest BCUT2D eigenvalue weighted by Crippen LogP contribution is 2.10. The smallest absolute Gasteiger partial charge is 0.216 e. The van der Waals surface area contributed by atoms with Crippen molar-refractivity contribution in [3.05, 3.63) is 36.0 Å². The molecule has 2 nitrogen and oxygen atoms in total. The average molecular weight is 177 g/mol. The summed E-state index contributed by atoms with van der Waals surface area (Å²) >= 11 is 0. The number of hydrogen-bond acceptors (Lipinski definition) is 1. The van der Waals surface area contributed by atoms with Crippen LogP contribution in [0, 0.1) is 0 Å². The molecule has 1 aliphatic carbocycles. The maximum Gasteiger partial charge on any atom is 0.216 e. The minimum absolute atomic E-state index is 0.0420. The van der Waals surface area contributed by atoms with E-state index in [4.69, 9.17) is 0 Å². The molecule has 0 fully saturated rings. The van der Waals surface area contributed by atoms with Crippen LogP contribution < -0.4 is 5.32 Å². The van der Waals surface area contributed by atoms with Gasteiger partial charge in [0, 0.05) is 13.5 Å². The third-order valence-corrected chi connectivity index (χ3v) is 1.89. The van der Waals surface area contributed by atoms with Crippen LogP contribution in [0.25, 0.3) is 0 Å². The van der Waals surface area contributed by atoms with Crippen LogP contribution in [0.2, 0.25) is 0 Å². The predicted molar refractivity (Wildman–Crippen MR) is 54.3 cm³/mol. The van der Waals surface area contributed by atoms with Gasteiger partial charge in [-0.15, -0.1) is 0 Å². The summed E-state index contributed by atoms with van der Waals surface area (Å²) in [5, 5.41) is 2.79. The Morgan fingerprint density at radius 2 is 2.31 bits per heavy atom. The first-order valence-corrected chi connectivity index (χ1v) is 4.55. The summed E-state index contributed by atoms with van der Waals surface area (Å²) in [6.07, 6.45) is 12.3. The molecule has 0 saturated heterocycles. The SMILES string of the molecule is CC(=O)NCCC1=CC=CC=CC1. The third kappa shape index (κ3) is 4.31. The zero-order valence-corrected chi connectivity index (χ0v) is 7.92. The molecule has 13 heavy (non-hydrogen) atoms. The van der Waals surface area contributed by atoms with Gasteiger partial charge in [-0.2, -0.15) is 0 Å². The van der Waals surface area contributed by atoms with Crippen molar-refractivity contribution in [1.29, 1.82) is 0 Å². The number of carbonyl (C=O) groups excluding carboxylic acids is 1. The second-order valence-electron chi connectivity index (χ2n) is 3.08. The summed E-state index contributed by atoms with van der Waals surface area (Å²) in [7, 11) is 0. The summed E-state index contributed by atoms with van der Waals surface area (Å²) in [6, 6.07) is 0. The van der Waals surface area contributed by atoms with Crippen LogP contribution in [0.5, 0.6) is 0 Å². The molecule has 0 aliphatic heterocycles. The van der Waals surface area contributed by atoms with Crippen LogP contribution >= 0.6 is 0 Å². The Balaban J connectivity index is 2.28. The molecule has 70 valence electrons. The van der Waals surface area contributed by atoms with Crippen LogP contribution in [0.4, 0.5) is 0 Å². The monoisotopic (exact) mass is 177 g/mol. The Bertz CT molecular complexity index is 261. The van der Waals surface area contributed by atoms with Crippen molar-refractivity contribution in [2.75, 3.05) is 6.54 Å². The summed E-state index contributed by atoms with van der Waals surface area (Å²) < 4.78 is 0. The molecule has 0 unspecified atom stereocenters. The maximum atomic E-state index is 10.6. The molecular weight excluding hydrogens is 162 g/mol. The maximum absolute atomic E-state index is 10.6. The first-order valence-electron chi connectivity index (χ1n) is 4.55. The van der Waals surface area contributed by atoms with Crippen LogP contribution in [0.3, 0.4) is 0 Å². The van der Waals surface area contributed by atoms with Gasteiger partial charge >= 0.3 is 0 Å². The lowest BCUT2D eigenvalue weighted by Gasteiger charge is -2.03. The lowest BCUT2D eigenvalue weighted by Crippen LogP contribution is -2.21. The molecule has 0 aromatic carbocycles. The lowest BCUT2D eigenvalue weighted by molar-refractivity contribution is -0.118. The normalized spacial score (nSPS) is 15.0. The zero-order chi connectivity index (χ0) is 9.52. The fourth-order valence-electron chi connectivity index (χ4n) is 1.21. The molecule has 0 aromatic rings. The quantitative estimate of drug-likeness (QED) is 0.701. The largest absolute Gasteiger partial charge is 0.356 e. The number of nitrogens with one attached hydrogen (secondary N) is 1. The standard InChI is InChI=1S/C11H15NO/c1-10(13)12-9-8-11-6-4-2-3-5-7-11/h2-6H,7-9H2,1H3,(H,12,13). The van der Waals surface area contributed by atoms with Crippen molar-refractivity contribution in [2.24, 2.45) is 0 Å². The number of hydrogen-bond donors (Lipinski definition) is 1. The third-order valence-electron chi connectivity index (χ3n) is 1.89. The second-order valence-corrected chi connectivity index (χ2v) is 3.08. The average Bonchev–Trinajstić information content (AvgIpc) is 2.32. The molecule has 1 rings (SSSR count). The fraction of sp³-hybridized carbons (Fsp3) is 0.364. The van der Waals surface area contributed by atoms with E-state index in [9.17, 15) is 4.79 Å². The topological polar surface area (TPSA) is 29.1 Å². The highest BCUT2D eigenvalue weighted by atomic mass is 16.1. The molecule has 1 N–H and O–H groups in total. The van der Waals surface area contributed by atoms with Crippen LogP contribution in [-0.2, 0) is 4.79 Å². The summed E-state index contributed by atoms with van der Waals surface area (Å²) in [5.74, 6) is 0.0420. The fourth-order valence-corrected chi connectivity index (χ4v) is 1.21. The van der Waals surface area contributed by atoms with E-state index in [1.807, 2.05) is 18.2 Å². The zero-order valence-electron chi connectivity index (χ0n) is 7.92. The molecule has 0 aromatic heterocycles. The van der Waals surface area contributed by atoms with E-state index in [-0.39, 0.29) is 5.91 Å². The van der Waals surface area contributed by atoms with Crippen molar-refractivity contribution < 1.29 is 4.79 Å². The van der Waals surface area contributed by atoms with Crippen LogP contribution in [-0.4, -0.2) is 12.5 Å². The van der Waals surface area contributed by atoms with Crippen LogP contribution in [0.1, 0.15) is 19.8 Å². The van der Waals surface area contributed by atoms with Crippen molar-refractivity contribution in [3.8, 4) is 0 Å². The van der Waals surface area contributed by atoms with E-state index >= 15 is 0 Å². The molecule has 0 saturated carbocycles. The van der Waals surface area contributed by atoms with Gasteiger partial charge in [0.1, 0.15) is 0 Å². The van der Waals surface area contributed by atoms with E-state index in [0.29, 0.717) is 0 Å². The predicted octanol–water partition coefficient (Wildman–Crippen LogP) is 1.96. The Labute approximate surface area is 79.0 Å². The van der Waals surface area contributed by atoms with Crippen molar-refractivity contribution in [1.82, 2.24) is 5.32 Å². The Morgan fingerprint density at radius 1 is 1.46 bits per heavy atom. The summed E-state index contributed by atoms with van der Waals surface area (Å²) in [4.78, 5) is 10.6. The molecule has 0 bridgehead atoms. The van der Waals surface area contributed by atoms with E-state index < -0.39 is 0 Å². The van der Waals surface area contributed by atoms with Crippen molar-refractivity contribution >= 4 is 5.91 Å². The van der Waals surface area contributed by atoms with Crippen molar-refractivity contribution in [3.63, 3.8) is 0 Å². The Hall–Kier alpha value is -1.31. The highest BCUT2D eigenvalue weighted by molar-refractivity contribution is 5.72. The molecular formula is C11H15NO. The van der Waals surface area contributed by atoms with Gasteiger partial charge in [0.25, 0.3) is 0 Å². The van der Waals surface area contributed by atoms with Gasteiger partial charge < -0.3 is 5.32 Å². The Morgan fingerprint density at radius 3 is 3.08 bits per heavy atom. The molecule has 1 aliphatic rings.